The molecular formula is C21H17F2HfP. The maximum absolute atomic E-state index is 3.46. The van der Waals surface area contributed by atoms with Gasteiger partial charge in [0.15, 0.2) is 0 Å². The van der Waals surface area contributed by atoms with Crippen molar-refractivity contribution in [1.29, 1.82) is 0 Å². The monoisotopic (exact) mass is 518 g/mol. The Kier molecular flexibility index (Phi) is 8.68. The van der Waals surface area contributed by atoms with E-state index in [1.165, 1.54) is 27.6 Å². The van der Waals surface area contributed by atoms with Gasteiger partial charge in [-0.2, -0.15) is 34.5 Å². The zero-order chi connectivity index (χ0) is 14.8. The molecule has 1 atom stereocenters. The summed E-state index contributed by atoms with van der Waals surface area (Å²) < 4.78 is 0. The van der Waals surface area contributed by atoms with Crippen LogP contribution >= 0.6 is 7.92 Å². The van der Waals surface area contributed by atoms with Crippen molar-refractivity contribution in [1.82, 2.24) is 0 Å². The van der Waals surface area contributed by atoms with Gasteiger partial charge in [-0.3, -0.25) is 6.08 Å². The van der Waals surface area contributed by atoms with Gasteiger partial charge >= 0.3 is 25.8 Å². The fraction of sp³-hybridized carbons (Fsp3) is 0.0952. The van der Waals surface area contributed by atoms with Crippen LogP contribution in [0.1, 0.15) is 6.42 Å². The van der Waals surface area contributed by atoms with Crippen LogP contribution in [0.4, 0.5) is 0 Å². The molecule has 0 radical (unpaired) electrons. The molecule has 1 fully saturated rings. The minimum atomic E-state index is 0. The minimum Gasteiger partial charge on any atom is -1.00 e. The Morgan fingerprint density at radius 2 is 1.60 bits per heavy atom. The first-order valence-electron chi connectivity index (χ1n) is 7.65. The van der Waals surface area contributed by atoms with Gasteiger partial charge in [-0.25, -0.2) is 0 Å². The fourth-order valence-corrected chi connectivity index (χ4v) is 5.23. The molecule has 3 aromatic rings. The maximum atomic E-state index is 3.46. The molecule has 5 rings (SSSR count). The Morgan fingerprint density at radius 3 is 2.32 bits per heavy atom. The zero-order valence-electron chi connectivity index (χ0n) is 13.6. The number of rotatable bonds is 1. The molecule has 1 aliphatic heterocycles. The van der Waals surface area contributed by atoms with Crippen molar-refractivity contribution in [2.24, 2.45) is 0 Å². The van der Waals surface area contributed by atoms with Gasteiger partial charge in [-0.15, -0.1) is 36.1 Å². The van der Waals surface area contributed by atoms with E-state index in [0.29, 0.717) is 0 Å². The molecule has 0 N–H and O–H groups in total. The molecule has 0 bridgehead atoms. The van der Waals surface area contributed by atoms with Crippen LogP contribution in [0.25, 0.3) is 10.8 Å². The van der Waals surface area contributed by atoms with E-state index in [1.54, 1.807) is 5.57 Å². The molecule has 0 amide bonds. The first-order chi connectivity index (χ1) is 10.9. The van der Waals surface area contributed by atoms with Crippen LogP contribution in [-0.4, -0.2) is 6.16 Å². The van der Waals surface area contributed by atoms with Gasteiger partial charge in [0.05, 0.1) is 0 Å². The average molecular weight is 517 g/mol. The Balaban J connectivity index is 0.000000234. The predicted molar refractivity (Wildman–Crippen MR) is 96.9 cm³/mol. The van der Waals surface area contributed by atoms with Crippen molar-refractivity contribution in [3.8, 4) is 0 Å². The molecule has 2 aliphatic rings. The van der Waals surface area contributed by atoms with Crippen LogP contribution < -0.4 is 14.7 Å². The smallest absolute Gasteiger partial charge is 1.00 e. The molecule has 3 aromatic carbocycles. The van der Waals surface area contributed by atoms with E-state index in [-0.39, 0.29) is 43.2 Å². The minimum absolute atomic E-state index is 0. The second kappa shape index (κ2) is 9.99. The fourth-order valence-electron chi connectivity index (χ4n) is 2.95. The van der Waals surface area contributed by atoms with Crippen molar-refractivity contribution in [2.75, 3.05) is 6.16 Å². The Hall–Kier alpha value is -1.31. The summed E-state index contributed by atoms with van der Waals surface area (Å²) in [7, 11) is 0.00399. The molecule has 124 valence electrons. The molecule has 0 saturated carbocycles. The molecule has 4 heteroatoms. The van der Waals surface area contributed by atoms with Crippen molar-refractivity contribution in [3.05, 3.63) is 95.8 Å². The molecular weight excluding hydrogens is 500 g/mol. The second-order valence-electron chi connectivity index (χ2n) is 5.54. The van der Waals surface area contributed by atoms with Gasteiger partial charge in [0.2, 0.25) is 0 Å². The van der Waals surface area contributed by atoms with Crippen molar-refractivity contribution < 1.29 is 35.3 Å². The Labute approximate surface area is 167 Å². The standard InChI is InChI=1S/C12H10P.C9H7.2FH.Hf/c1-2-6-11(7-3-1)13-9-10-5-4-8-12(10)13;1-2-5-9-7-3-6-8(9)4-1;;;/h1-3,5-7H,4,9H2;1-7H;2*1H;/q2*-1;;;+4/p-2. The normalized spacial score (nSPS) is 16.4. The summed E-state index contributed by atoms with van der Waals surface area (Å²) in [6.07, 6.45) is 8.12. The largest absolute Gasteiger partial charge is 4.00 e. The van der Waals surface area contributed by atoms with Gasteiger partial charge in [0, 0.05) is 0 Å². The van der Waals surface area contributed by atoms with Crippen LogP contribution in [0.2, 0.25) is 0 Å². The van der Waals surface area contributed by atoms with Crippen LogP contribution in [0.3, 0.4) is 0 Å². The van der Waals surface area contributed by atoms with Gasteiger partial charge < -0.3 is 9.41 Å². The van der Waals surface area contributed by atoms with Gasteiger partial charge in [0.1, 0.15) is 0 Å². The summed E-state index contributed by atoms with van der Waals surface area (Å²) in [4.78, 5) is 0. The van der Waals surface area contributed by atoms with Gasteiger partial charge in [0.25, 0.3) is 0 Å². The number of allylic oxidation sites excluding steroid dienone is 4. The van der Waals surface area contributed by atoms with E-state index in [9.17, 15) is 0 Å². The quantitative estimate of drug-likeness (QED) is 0.230. The molecule has 25 heavy (non-hydrogen) atoms. The molecule has 0 spiro atoms. The summed E-state index contributed by atoms with van der Waals surface area (Å²) in [5.41, 5.74) is 1.56. The third-order valence-corrected chi connectivity index (χ3v) is 6.70. The second-order valence-corrected chi connectivity index (χ2v) is 7.67. The van der Waals surface area contributed by atoms with Crippen LogP contribution in [-0.2, 0) is 25.8 Å². The zero-order valence-corrected chi connectivity index (χ0v) is 18.1. The third-order valence-electron chi connectivity index (χ3n) is 4.14. The van der Waals surface area contributed by atoms with Crippen molar-refractivity contribution >= 4 is 24.0 Å². The molecule has 1 saturated heterocycles. The van der Waals surface area contributed by atoms with Crippen molar-refractivity contribution in [3.63, 3.8) is 0 Å². The SMILES string of the molecule is [C-]1=C2C(=CC1)CP2c1ccccc1.[F-].[F-].[Hf+4].c1ccc2[cH-]ccc2c1. The van der Waals surface area contributed by atoms with Crippen molar-refractivity contribution in [2.45, 2.75) is 6.42 Å². The Morgan fingerprint density at radius 1 is 0.880 bits per heavy atom. The topological polar surface area (TPSA) is 0 Å². The molecule has 1 unspecified atom stereocenters. The molecule has 1 heterocycles. The summed E-state index contributed by atoms with van der Waals surface area (Å²) in [5.74, 6) is 0. The first kappa shape index (κ1) is 21.7. The predicted octanol–water partition coefficient (Wildman–Crippen LogP) is -0.611. The maximum Gasteiger partial charge on any atom is 4.00 e. The van der Waals surface area contributed by atoms with Crippen LogP contribution in [0, 0.1) is 6.08 Å². The third kappa shape index (κ3) is 4.65. The number of hydrogen-bond acceptors (Lipinski definition) is 0. The summed E-state index contributed by atoms with van der Waals surface area (Å²) in [5, 5.41) is 5.70. The van der Waals surface area contributed by atoms with Crippen LogP contribution in [0.15, 0.2) is 89.8 Å². The van der Waals surface area contributed by atoms with Gasteiger partial charge in [-0.1, -0.05) is 50.5 Å². The first-order valence-corrected chi connectivity index (χ1v) is 9.18. The number of fused-ring (bicyclic) bond motifs is 2. The number of benzene rings is 2. The van der Waals surface area contributed by atoms with E-state index < -0.39 is 0 Å². The Bertz CT molecular complexity index is 822. The summed E-state index contributed by atoms with van der Waals surface area (Å²) >= 11 is 0. The summed E-state index contributed by atoms with van der Waals surface area (Å²) in [6.45, 7) is 0. The number of halogens is 2. The van der Waals surface area contributed by atoms with E-state index in [0.717, 1.165) is 6.42 Å². The molecule has 0 aromatic heterocycles. The molecule has 0 nitrogen and oxygen atoms in total. The van der Waals surface area contributed by atoms with E-state index in [4.69, 9.17) is 0 Å². The number of hydrogen-bond donors (Lipinski definition) is 0. The van der Waals surface area contributed by atoms with Crippen LogP contribution in [0.5, 0.6) is 0 Å². The van der Waals surface area contributed by atoms with Gasteiger partial charge in [-0.05, 0) is 5.30 Å². The summed E-state index contributed by atoms with van der Waals surface area (Å²) in [6, 6.07) is 25.5. The molecule has 1 aliphatic carbocycles. The van der Waals surface area contributed by atoms with E-state index in [2.05, 4.69) is 84.9 Å². The average Bonchev–Trinajstić information content (AvgIpc) is 3.16. The van der Waals surface area contributed by atoms with E-state index in [1.807, 2.05) is 0 Å². The van der Waals surface area contributed by atoms with E-state index >= 15 is 0 Å².